The second kappa shape index (κ2) is 4.69. The van der Waals surface area contributed by atoms with Crippen LogP contribution in [-0.2, 0) is 10.2 Å². The van der Waals surface area contributed by atoms with Gasteiger partial charge < -0.3 is 14.7 Å². The first-order chi connectivity index (χ1) is 11.7. The van der Waals surface area contributed by atoms with E-state index in [0.29, 0.717) is 31.0 Å². The van der Waals surface area contributed by atoms with Crippen LogP contribution >= 0.6 is 0 Å². The molecule has 3 heterocycles. The maximum Gasteiger partial charge on any atom is 0.259 e. The molecule has 6 nitrogen and oxygen atoms in total. The molecule has 1 spiro atoms. The third-order valence-corrected chi connectivity index (χ3v) is 5.47. The zero-order valence-corrected chi connectivity index (χ0v) is 13.1. The van der Waals surface area contributed by atoms with Crippen molar-refractivity contribution < 1.29 is 14.1 Å². The highest BCUT2D eigenvalue weighted by Gasteiger charge is 2.52. The Morgan fingerprint density at radius 1 is 1.33 bits per heavy atom. The van der Waals surface area contributed by atoms with Crippen LogP contribution < -0.4 is 5.32 Å². The first kappa shape index (κ1) is 13.8. The number of amides is 2. The van der Waals surface area contributed by atoms with E-state index in [-0.39, 0.29) is 11.8 Å². The Bertz CT molecular complexity index is 855. The lowest BCUT2D eigenvalue weighted by Gasteiger charge is -2.22. The van der Waals surface area contributed by atoms with E-state index in [1.807, 2.05) is 24.3 Å². The molecule has 2 aromatic rings. The largest absolute Gasteiger partial charge is 0.364 e. The fourth-order valence-corrected chi connectivity index (χ4v) is 3.99. The van der Waals surface area contributed by atoms with Crippen molar-refractivity contribution in [1.82, 2.24) is 10.1 Å². The van der Waals surface area contributed by atoms with Gasteiger partial charge in [0.15, 0.2) is 0 Å². The number of rotatable bonds is 2. The van der Waals surface area contributed by atoms with Gasteiger partial charge in [-0.2, -0.15) is 0 Å². The normalized spacial score (nSPS) is 25.2. The van der Waals surface area contributed by atoms with Gasteiger partial charge in [-0.15, -0.1) is 0 Å². The number of nitrogens with one attached hydrogen (secondary N) is 1. The van der Waals surface area contributed by atoms with Crippen LogP contribution in [0.3, 0.4) is 0 Å². The number of hydrogen-bond donors (Lipinski definition) is 1. The van der Waals surface area contributed by atoms with Crippen molar-refractivity contribution in [2.75, 3.05) is 18.4 Å². The first-order valence-electron chi connectivity index (χ1n) is 8.33. The summed E-state index contributed by atoms with van der Waals surface area (Å²) >= 11 is 0. The Hall–Kier alpha value is -2.63. The van der Waals surface area contributed by atoms with E-state index >= 15 is 0 Å². The highest BCUT2D eigenvalue weighted by Crippen LogP contribution is 2.45. The van der Waals surface area contributed by atoms with E-state index in [0.717, 1.165) is 29.8 Å². The molecule has 24 heavy (non-hydrogen) atoms. The Kier molecular flexibility index (Phi) is 2.69. The summed E-state index contributed by atoms with van der Waals surface area (Å²) in [5.41, 5.74) is 2.57. The van der Waals surface area contributed by atoms with Crippen LogP contribution in [0.25, 0.3) is 0 Å². The smallest absolute Gasteiger partial charge is 0.259 e. The summed E-state index contributed by atoms with van der Waals surface area (Å²) in [4.78, 5) is 27.3. The van der Waals surface area contributed by atoms with Crippen molar-refractivity contribution in [3.63, 3.8) is 0 Å². The lowest BCUT2D eigenvalue weighted by molar-refractivity contribution is -0.120. The third kappa shape index (κ3) is 1.79. The Morgan fingerprint density at radius 2 is 2.17 bits per heavy atom. The van der Waals surface area contributed by atoms with E-state index in [9.17, 15) is 9.59 Å². The standard InChI is InChI=1S/C18H17N3O3/c22-16(12-9-24-20-15(12)11-5-6-11)21-8-7-18(10-21)13-3-1-2-4-14(13)19-17(18)23/h1-4,9,11H,5-8,10H2,(H,19,23). The van der Waals surface area contributed by atoms with Gasteiger partial charge in [0.05, 0.1) is 11.1 Å². The highest BCUT2D eigenvalue weighted by molar-refractivity contribution is 6.07. The lowest BCUT2D eigenvalue weighted by atomic mass is 9.81. The molecule has 1 aliphatic carbocycles. The minimum absolute atomic E-state index is 0.00765. The molecule has 3 aliphatic rings. The van der Waals surface area contributed by atoms with Crippen molar-refractivity contribution >= 4 is 17.5 Å². The monoisotopic (exact) mass is 323 g/mol. The maximum atomic E-state index is 12.9. The highest BCUT2D eigenvalue weighted by atomic mass is 16.5. The Morgan fingerprint density at radius 3 is 3.00 bits per heavy atom. The molecule has 5 rings (SSSR count). The van der Waals surface area contributed by atoms with Gasteiger partial charge in [-0.05, 0) is 30.9 Å². The van der Waals surface area contributed by atoms with Gasteiger partial charge in [0.25, 0.3) is 5.91 Å². The van der Waals surface area contributed by atoms with Gasteiger partial charge in [-0.25, -0.2) is 0 Å². The second-order valence-corrected chi connectivity index (χ2v) is 6.95. The van der Waals surface area contributed by atoms with Crippen molar-refractivity contribution in [2.45, 2.75) is 30.6 Å². The summed E-state index contributed by atoms with van der Waals surface area (Å²) in [6.07, 6.45) is 4.22. The molecule has 2 fully saturated rings. The van der Waals surface area contributed by atoms with Gasteiger partial charge in [0.2, 0.25) is 5.91 Å². The molecular weight excluding hydrogens is 306 g/mol. The molecule has 1 aromatic heterocycles. The van der Waals surface area contributed by atoms with Crippen LogP contribution in [0.4, 0.5) is 5.69 Å². The number of para-hydroxylation sites is 1. The minimum Gasteiger partial charge on any atom is -0.364 e. The summed E-state index contributed by atoms with van der Waals surface area (Å²) < 4.78 is 5.05. The van der Waals surface area contributed by atoms with Crippen molar-refractivity contribution in [3.05, 3.63) is 47.3 Å². The molecule has 1 unspecified atom stereocenters. The molecule has 0 bridgehead atoms. The molecular formula is C18H17N3O3. The number of aromatic nitrogens is 1. The summed E-state index contributed by atoms with van der Waals surface area (Å²) in [7, 11) is 0. The average Bonchev–Trinajstić information content (AvgIpc) is 3.07. The number of nitrogens with zero attached hydrogens (tertiary/aromatic N) is 2. The van der Waals surface area contributed by atoms with Crippen molar-refractivity contribution in [2.24, 2.45) is 0 Å². The lowest BCUT2D eigenvalue weighted by Crippen LogP contribution is -2.39. The van der Waals surface area contributed by atoms with E-state index in [1.54, 1.807) is 4.90 Å². The van der Waals surface area contributed by atoms with E-state index in [4.69, 9.17) is 4.52 Å². The number of fused-ring (bicyclic) bond motifs is 2. The first-order valence-corrected chi connectivity index (χ1v) is 8.33. The molecule has 6 heteroatoms. The van der Waals surface area contributed by atoms with Crippen molar-refractivity contribution in [3.8, 4) is 0 Å². The minimum atomic E-state index is -0.622. The van der Waals surface area contributed by atoms with Crippen LogP contribution in [0.1, 0.15) is 46.8 Å². The van der Waals surface area contributed by atoms with Crippen LogP contribution in [0.2, 0.25) is 0 Å². The Balaban J connectivity index is 1.46. The quantitative estimate of drug-likeness (QED) is 0.920. The molecule has 2 aliphatic heterocycles. The predicted octanol–water partition coefficient (Wildman–Crippen LogP) is 2.29. The fourth-order valence-electron chi connectivity index (χ4n) is 3.99. The number of likely N-dealkylation sites (tertiary alicyclic amines) is 1. The maximum absolute atomic E-state index is 12.9. The molecule has 0 radical (unpaired) electrons. The summed E-state index contributed by atoms with van der Waals surface area (Å²) in [6.45, 7) is 0.972. The predicted molar refractivity (Wildman–Crippen MR) is 85.7 cm³/mol. The molecule has 1 saturated carbocycles. The number of anilines is 1. The van der Waals surface area contributed by atoms with Crippen molar-refractivity contribution in [1.29, 1.82) is 0 Å². The average molecular weight is 323 g/mol. The SMILES string of the molecule is O=C(c1conc1C1CC1)N1CCC2(C1)C(=O)Nc1ccccc12. The fraction of sp³-hybridized carbons (Fsp3) is 0.389. The van der Waals surface area contributed by atoms with Gasteiger partial charge >= 0.3 is 0 Å². The molecule has 1 N–H and O–H groups in total. The van der Waals surface area contributed by atoms with Crippen LogP contribution in [-0.4, -0.2) is 35.0 Å². The number of carbonyl (C=O) groups excluding carboxylic acids is 2. The topological polar surface area (TPSA) is 75.4 Å². The van der Waals surface area contributed by atoms with E-state index in [1.165, 1.54) is 6.26 Å². The second-order valence-electron chi connectivity index (χ2n) is 6.95. The zero-order valence-electron chi connectivity index (χ0n) is 13.1. The summed E-state index contributed by atoms with van der Waals surface area (Å²) in [5.74, 6) is 0.272. The summed E-state index contributed by atoms with van der Waals surface area (Å²) in [6, 6.07) is 7.75. The van der Waals surface area contributed by atoms with Gasteiger partial charge in [-0.1, -0.05) is 23.4 Å². The molecule has 1 saturated heterocycles. The number of carbonyl (C=O) groups is 2. The number of hydrogen-bond acceptors (Lipinski definition) is 4. The van der Waals surface area contributed by atoms with Crippen LogP contribution in [0.15, 0.2) is 35.1 Å². The zero-order chi connectivity index (χ0) is 16.3. The Labute approximate surface area is 138 Å². The third-order valence-electron chi connectivity index (χ3n) is 5.47. The van der Waals surface area contributed by atoms with E-state index in [2.05, 4.69) is 10.5 Å². The van der Waals surface area contributed by atoms with Crippen LogP contribution in [0.5, 0.6) is 0 Å². The molecule has 2 amide bonds. The van der Waals surface area contributed by atoms with Gasteiger partial charge in [-0.3, -0.25) is 9.59 Å². The van der Waals surface area contributed by atoms with E-state index < -0.39 is 5.41 Å². The molecule has 1 aromatic carbocycles. The number of benzene rings is 1. The van der Waals surface area contributed by atoms with Gasteiger partial charge in [0, 0.05) is 24.7 Å². The van der Waals surface area contributed by atoms with Gasteiger partial charge in [0.1, 0.15) is 11.8 Å². The van der Waals surface area contributed by atoms with Crippen LogP contribution in [0, 0.1) is 0 Å². The summed E-state index contributed by atoms with van der Waals surface area (Å²) in [5, 5.41) is 6.97. The molecule has 122 valence electrons. The molecule has 1 atom stereocenters.